The van der Waals surface area contributed by atoms with E-state index in [2.05, 4.69) is 10.6 Å². The standard InChI is InChI=1S/C22H26N4O4/c1-14(18-13-17(29-4)11-12-19(18)30-5)23-22(28)24-20-15(2)25(3)26(21(20)27)16-9-7-6-8-10-16/h6-14H,1-5H3,(H2,23,24,28). The Morgan fingerprint density at radius 1 is 1.07 bits per heavy atom. The van der Waals surface area contributed by atoms with Crippen molar-refractivity contribution < 1.29 is 14.3 Å². The van der Waals surface area contributed by atoms with Gasteiger partial charge in [-0.2, -0.15) is 0 Å². The Labute approximate surface area is 175 Å². The van der Waals surface area contributed by atoms with Crippen LogP contribution in [0.3, 0.4) is 0 Å². The molecule has 0 bridgehead atoms. The van der Waals surface area contributed by atoms with E-state index in [4.69, 9.17) is 9.47 Å². The van der Waals surface area contributed by atoms with Gasteiger partial charge in [0.1, 0.15) is 17.2 Å². The highest BCUT2D eigenvalue weighted by molar-refractivity contribution is 5.90. The summed E-state index contributed by atoms with van der Waals surface area (Å²) < 4.78 is 13.9. The number of hydrogen-bond donors (Lipinski definition) is 2. The first-order chi connectivity index (χ1) is 14.4. The zero-order chi connectivity index (χ0) is 21.8. The molecule has 0 aliphatic carbocycles. The molecule has 0 saturated heterocycles. The lowest BCUT2D eigenvalue weighted by Crippen LogP contribution is -2.33. The van der Waals surface area contributed by atoms with Crippen LogP contribution in [0.4, 0.5) is 10.5 Å². The molecule has 2 amide bonds. The fraction of sp³-hybridized carbons (Fsp3) is 0.273. The zero-order valence-electron chi connectivity index (χ0n) is 17.7. The first-order valence-electron chi connectivity index (χ1n) is 9.50. The van der Waals surface area contributed by atoms with Crippen molar-refractivity contribution in [1.29, 1.82) is 0 Å². The second-order valence-corrected chi connectivity index (χ2v) is 6.86. The van der Waals surface area contributed by atoms with Crippen LogP contribution in [-0.4, -0.2) is 29.6 Å². The molecule has 0 spiro atoms. The lowest BCUT2D eigenvalue weighted by atomic mass is 10.1. The van der Waals surface area contributed by atoms with Crippen LogP contribution < -0.4 is 25.7 Å². The quantitative estimate of drug-likeness (QED) is 0.652. The van der Waals surface area contributed by atoms with Gasteiger partial charge in [0.05, 0.1) is 31.6 Å². The molecule has 30 heavy (non-hydrogen) atoms. The van der Waals surface area contributed by atoms with E-state index in [-0.39, 0.29) is 17.3 Å². The summed E-state index contributed by atoms with van der Waals surface area (Å²) in [5, 5.41) is 5.55. The van der Waals surface area contributed by atoms with Gasteiger partial charge in [0.15, 0.2) is 0 Å². The van der Waals surface area contributed by atoms with E-state index in [9.17, 15) is 9.59 Å². The van der Waals surface area contributed by atoms with Gasteiger partial charge in [0.2, 0.25) is 0 Å². The monoisotopic (exact) mass is 410 g/mol. The molecule has 3 aromatic rings. The van der Waals surface area contributed by atoms with E-state index in [0.29, 0.717) is 17.2 Å². The van der Waals surface area contributed by atoms with Crippen LogP contribution in [0.2, 0.25) is 0 Å². The third-order valence-electron chi connectivity index (χ3n) is 5.04. The van der Waals surface area contributed by atoms with Crippen LogP contribution in [0, 0.1) is 6.92 Å². The molecule has 8 nitrogen and oxygen atoms in total. The zero-order valence-corrected chi connectivity index (χ0v) is 17.7. The summed E-state index contributed by atoms with van der Waals surface area (Å²) in [6.07, 6.45) is 0. The molecule has 1 heterocycles. The van der Waals surface area contributed by atoms with Crippen LogP contribution in [0.5, 0.6) is 11.5 Å². The van der Waals surface area contributed by atoms with E-state index < -0.39 is 6.03 Å². The lowest BCUT2D eigenvalue weighted by Gasteiger charge is -2.18. The van der Waals surface area contributed by atoms with Gasteiger partial charge in [-0.05, 0) is 44.2 Å². The fourth-order valence-corrected chi connectivity index (χ4v) is 3.31. The Morgan fingerprint density at radius 3 is 2.40 bits per heavy atom. The average molecular weight is 410 g/mol. The van der Waals surface area contributed by atoms with Gasteiger partial charge < -0.3 is 20.1 Å². The SMILES string of the molecule is COc1ccc(OC)c(C(C)NC(=O)Nc2c(C)n(C)n(-c3ccccc3)c2=O)c1. The Hall–Kier alpha value is -3.68. The summed E-state index contributed by atoms with van der Waals surface area (Å²) in [6.45, 7) is 3.61. The third kappa shape index (κ3) is 4.03. The highest BCUT2D eigenvalue weighted by atomic mass is 16.5. The molecule has 0 fully saturated rings. The largest absolute Gasteiger partial charge is 0.497 e. The first-order valence-corrected chi connectivity index (χ1v) is 9.50. The second kappa shape index (κ2) is 8.77. The lowest BCUT2D eigenvalue weighted by molar-refractivity contribution is 0.249. The van der Waals surface area contributed by atoms with Gasteiger partial charge in [0.25, 0.3) is 5.56 Å². The van der Waals surface area contributed by atoms with Crippen molar-refractivity contribution >= 4 is 11.7 Å². The maximum atomic E-state index is 12.9. The van der Waals surface area contributed by atoms with E-state index >= 15 is 0 Å². The van der Waals surface area contributed by atoms with Gasteiger partial charge in [-0.3, -0.25) is 9.48 Å². The predicted octanol–water partition coefficient (Wildman–Crippen LogP) is 3.38. The van der Waals surface area contributed by atoms with Crippen molar-refractivity contribution in [1.82, 2.24) is 14.7 Å². The highest BCUT2D eigenvalue weighted by Crippen LogP contribution is 2.29. The Bertz CT molecular complexity index is 1100. The summed E-state index contributed by atoms with van der Waals surface area (Å²) >= 11 is 0. The summed E-state index contributed by atoms with van der Waals surface area (Å²) in [5.41, 5.74) is 2.05. The summed E-state index contributed by atoms with van der Waals surface area (Å²) in [4.78, 5) is 25.6. The summed E-state index contributed by atoms with van der Waals surface area (Å²) in [7, 11) is 4.92. The minimum Gasteiger partial charge on any atom is -0.497 e. The van der Waals surface area contributed by atoms with Crippen molar-refractivity contribution in [2.45, 2.75) is 19.9 Å². The number of ether oxygens (including phenoxy) is 2. The molecular weight excluding hydrogens is 384 g/mol. The molecule has 2 N–H and O–H groups in total. The van der Waals surface area contributed by atoms with Gasteiger partial charge in [-0.15, -0.1) is 0 Å². The molecule has 1 unspecified atom stereocenters. The minimum atomic E-state index is -0.488. The molecule has 2 aromatic carbocycles. The maximum absolute atomic E-state index is 12.9. The van der Waals surface area contributed by atoms with Crippen molar-refractivity contribution in [2.75, 3.05) is 19.5 Å². The molecule has 0 radical (unpaired) electrons. The van der Waals surface area contributed by atoms with E-state index in [1.165, 1.54) is 4.68 Å². The number of methoxy groups -OCH3 is 2. The maximum Gasteiger partial charge on any atom is 0.319 e. The molecule has 0 saturated carbocycles. The second-order valence-electron chi connectivity index (χ2n) is 6.86. The van der Waals surface area contributed by atoms with Crippen LogP contribution in [0.15, 0.2) is 53.3 Å². The number of nitrogens with zero attached hydrogens (tertiary/aromatic N) is 2. The molecule has 1 atom stereocenters. The number of nitrogens with one attached hydrogen (secondary N) is 2. The molecule has 158 valence electrons. The number of amides is 2. The Balaban J connectivity index is 1.83. The van der Waals surface area contributed by atoms with Gasteiger partial charge in [0, 0.05) is 12.6 Å². The van der Waals surface area contributed by atoms with Crippen molar-refractivity contribution in [2.24, 2.45) is 7.05 Å². The number of anilines is 1. The molecule has 1 aromatic heterocycles. The van der Waals surface area contributed by atoms with Crippen LogP contribution in [-0.2, 0) is 7.05 Å². The number of carbonyl (C=O) groups excluding carboxylic acids is 1. The van der Waals surface area contributed by atoms with Crippen LogP contribution >= 0.6 is 0 Å². The van der Waals surface area contributed by atoms with E-state index in [0.717, 1.165) is 11.3 Å². The number of urea groups is 1. The van der Waals surface area contributed by atoms with Crippen molar-refractivity contribution in [3.8, 4) is 17.2 Å². The molecule has 0 aliphatic rings. The van der Waals surface area contributed by atoms with Gasteiger partial charge in [-0.1, -0.05) is 18.2 Å². The number of carbonyl (C=O) groups is 1. The van der Waals surface area contributed by atoms with E-state index in [1.54, 1.807) is 51.1 Å². The number of rotatable bonds is 6. The average Bonchev–Trinajstić information content (AvgIpc) is 2.96. The molecule has 0 aliphatic heterocycles. The first kappa shape index (κ1) is 21.0. The number of benzene rings is 2. The third-order valence-corrected chi connectivity index (χ3v) is 5.04. The Kier molecular flexibility index (Phi) is 6.15. The molecule has 8 heteroatoms. The number of aromatic nitrogens is 2. The van der Waals surface area contributed by atoms with Crippen LogP contribution in [0.25, 0.3) is 5.69 Å². The number of hydrogen-bond acceptors (Lipinski definition) is 4. The summed E-state index contributed by atoms with van der Waals surface area (Å²) in [5.74, 6) is 1.29. The van der Waals surface area contributed by atoms with E-state index in [1.807, 2.05) is 37.3 Å². The summed E-state index contributed by atoms with van der Waals surface area (Å²) in [6, 6.07) is 13.8. The molecule has 3 rings (SSSR count). The van der Waals surface area contributed by atoms with Gasteiger partial charge >= 0.3 is 6.03 Å². The molecular formula is C22H26N4O4. The smallest absolute Gasteiger partial charge is 0.319 e. The number of para-hydroxylation sites is 1. The topological polar surface area (TPSA) is 86.5 Å². The van der Waals surface area contributed by atoms with Gasteiger partial charge in [-0.25, -0.2) is 9.48 Å². The fourth-order valence-electron chi connectivity index (χ4n) is 3.31. The van der Waals surface area contributed by atoms with Crippen LogP contribution in [0.1, 0.15) is 24.2 Å². The normalized spacial score (nSPS) is 11.6. The van der Waals surface area contributed by atoms with Crippen molar-refractivity contribution in [3.05, 3.63) is 70.1 Å². The minimum absolute atomic E-state index is 0.226. The van der Waals surface area contributed by atoms with Crippen molar-refractivity contribution in [3.63, 3.8) is 0 Å². The highest BCUT2D eigenvalue weighted by Gasteiger charge is 2.20. The predicted molar refractivity (Wildman–Crippen MR) is 116 cm³/mol. The Morgan fingerprint density at radius 2 is 1.77 bits per heavy atom.